The van der Waals surface area contributed by atoms with Gasteiger partial charge in [-0.15, -0.1) is 0 Å². The number of nitrogens with zero attached hydrogens (tertiary/aromatic N) is 2. The maximum Gasteiger partial charge on any atom is 0.209 e. The fraction of sp³-hybridized carbons (Fsp3) is 0.400. The second-order valence-corrected chi connectivity index (χ2v) is 12.0. The van der Waals surface area contributed by atoms with Gasteiger partial charge < -0.3 is 4.90 Å². The Morgan fingerprint density at radius 3 is 2.10 bits per heavy atom. The third kappa shape index (κ3) is 3.20. The molecule has 2 atom stereocenters. The van der Waals surface area contributed by atoms with Crippen molar-refractivity contribution in [3.05, 3.63) is 71.4 Å². The average molecular weight is 611 g/mol. The van der Waals surface area contributed by atoms with E-state index in [9.17, 15) is 0 Å². The van der Waals surface area contributed by atoms with Crippen LogP contribution in [0.15, 0.2) is 60.3 Å². The first-order chi connectivity index (χ1) is 13.6. The number of hydrogen-bond donors (Lipinski definition) is 0. The van der Waals surface area contributed by atoms with Gasteiger partial charge in [0.2, 0.25) is 5.69 Å². The summed E-state index contributed by atoms with van der Waals surface area (Å²) in [5.41, 5.74) is 8.48. The minimum atomic E-state index is 0.0237. The zero-order chi connectivity index (χ0) is 21.1. The van der Waals surface area contributed by atoms with Crippen LogP contribution in [-0.2, 0) is 10.8 Å². The molecule has 0 fully saturated rings. The third-order valence-corrected chi connectivity index (χ3v) is 10.6. The highest BCUT2D eigenvalue weighted by atomic mass is 127. The second kappa shape index (κ2) is 7.36. The van der Waals surface area contributed by atoms with Gasteiger partial charge in [0.05, 0.1) is 9.34 Å². The molecule has 4 rings (SSSR count). The van der Waals surface area contributed by atoms with Gasteiger partial charge >= 0.3 is 0 Å². The number of para-hydroxylation sites is 2. The Balaban J connectivity index is 1.72. The summed E-state index contributed by atoms with van der Waals surface area (Å²) in [5, 5.41) is 0. The molecule has 0 aliphatic carbocycles. The molecule has 29 heavy (non-hydrogen) atoms. The predicted molar refractivity (Wildman–Crippen MR) is 142 cm³/mol. The van der Waals surface area contributed by atoms with Crippen molar-refractivity contribution in [3.63, 3.8) is 0 Å². The fourth-order valence-corrected chi connectivity index (χ4v) is 7.28. The number of alkyl halides is 2. The zero-order valence-electron chi connectivity index (χ0n) is 18.0. The van der Waals surface area contributed by atoms with Crippen molar-refractivity contribution in [3.8, 4) is 0 Å². The minimum absolute atomic E-state index is 0.0237. The Bertz CT molecular complexity index is 1030. The van der Waals surface area contributed by atoms with E-state index in [0.717, 1.165) is 0 Å². The Morgan fingerprint density at radius 2 is 1.48 bits per heavy atom. The van der Waals surface area contributed by atoms with Gasteiger partial charge in [-0.3, -0.25) is 0 Å². The van der Waals surface area contributed by atoms with E-state index in [1.165, 1.54) is 33.9 Å². The number of hydrogen-bond acceptors (Lipinski definition) is 1. The van der Waals surface area contributed by atoms with E-state index in [4.69, 9.17) is 0 Å². The molecule has 0 saturated heterocycles. The van der Waals surface area contributed by atoms with E-state index in [1.54, 1.807) is 0 Å². The smallest absolute Gasteiger partial charge is 0.209 e. The standard InChI is InChI=1S/C25H29I2N2/c1-24(2)16-11-7-9-13-19(16)28(5)21(24)15-18(26)22(27)23-25(3,4)17-12-8-10-14-20(17)29(23)6/h7-15,18,22H,1-6H3/q+1/b21-15-/t18-,22-/m0/s1. The summed E-state index contributed by atoms with van der Waals surface area (Å²) in [6.07, 6.45) is 2.50. The monoisotopic (exact) mass is 611 g/mol. The molecule has 0 aromatic heterocycles. The van der Waals surface area contributed by atoms with E-state index in [2.05, 4.69) is 151 Å². The second-order valence-electron chi connectivity index (χ2n) is 9.19. The molecule has 0 bridgehead atoms. The SMILES string of the molecule is CN1/C(=C\[C@H](I)[C@H](I)C2=[N+](C)c3ccccc3C2(C)C)C(C)(C)c2ccccc21. The maximum absolute atomic E-state index is 2.66. The normalized spacial score (nSPS) is 22.6. The number of likely N-dealkylation sites (N-methyl/N-ethyl adjacent to an activating group) is 1. The van der Waals surface area contributed by atoms with Crippen LogP contribution in [0, 0.1) is 0 Å². The predicted octanol–water partition coefficient (Wildman–Crippen LogP) is 6.61. The number of rotatable bonds is 3. The molecular weight excluding hydrogens is 582 g/mol. The number of allylic oxidation sites excluding steroid dienone is 2. The average Bonchev–Trinajstić information content (AvgIpc) is 3.01. The molecule has 2 nitrogen and oxygen atoms in total. The Labute approximate surface area is 202 Å². The van der Waals surface area contributed by atoms with Crippen LogP contribution in [0.2, 0.25) is 0 Å². The summed E-state index contributed by atoms with van der Waals surface area (Å²) in [7, 11) is 4.44. The highest BCUT2D eigenvalue weighted by Crippen LogP contribution is 2.48. The molecule has 0 radical (unpaired) electrons. The van der Waals surface area contributed by atoms with Crippen LogP contribution in [0.3, 0.4) is 0 Å². The van der Waals surface area contributed by atoms with Crippen molar-refractivity contribution in [2.24, 2.45) is 0 Å². The van der Waals surface area contributed by atoms with Gasteiger partial charge in [0.25, 0.3) is 0 Å². The van der Waals surface area contributed by atoms with Crippen molar-refractivity contribution >= 4 is 62.3 Å². The number of fused-ring (bicyclic) bond motifs is 2. The summed E-state index contributed by atoms with van der Waals surface area (Å²) >= 11 is 5.31. The molecule has 0 amide bonds. The largest absolute Gasteiger partial charge is 0.347 e. The summed E-state index contributed by atoms with van der Waals surface area (Å²) in [5.74, 6) is 0. The highest BCUT2D eigenvalue weighted by Gasteiger charge is 2.49. The highest BCUT2D eigenvalue weighted by molar-refractivity contribution is 14.1. The molecule has 152 valence electrons. The van der Waals surface area contributed by atoms with Gasteiger partial charge in [-0.2, -0.15) is 0 Å². The third-order valence-electron chi connectivity index (χ3n) is 6.74. The first kappa shape index (κ1) is 21.3. The van der Waals surface area contributed by atoms with E-state index in [0.29, 0.717) is 7.85 Å². The molecule has 0 unspecified atom stereocenters. The lowest BCUT2D eigenvalue weighted by atomic mass is 9.79. The number of anilines is 1. The van der Waals surface area contributed by atoms with E-state index < -0.39 is 0 Å². The quantitative estimate of drug-likeness (QED) is 0.215. The fourth-order valence-electron chi connectivity index (χ4n) is 5.20. The van der Waals surface area contributed by atoms with Crippen LogP contribution in [-0.4, -0.2) is 32.2 Å². The molecule has 4 heteroatoms. The van der Waals surface area contributed by atoms with Crippen molar-refractivity contribution in [1.82, 2.24) is 0 Å². The lowest BCUT2D eigenvalue weighted by Crippen LogP contribution is -2.39. The van der Waals surface area contributed by atoms with Gasteiger partial charge in [-0.25, -0.2) is 4.58 Å². The van der Waals surface area contributed by atoms with Crippen LogP contribution < -0.4 is 4.90 Å². The van der Waals surface area contributed by atoms with Gasteiger partial charge in [0.1, 0.15) is 11.0 Å². The van der Waals surface area contributed by atoms with Gasteiger partial charge in [-0.05, 0) is 31.6 Å². The maximum atomic E-state index is 2.66. The van der Waals surface area contributed by atoms with Crippen LogP contribution in [0.25, 0.3) is 0 Å². The lowest BCUT2D eigenvalue weighted by Gasteiger charge is -2.27. The number of benzene rings is 2. The topological polar surface area (TPSA) is 6.25 Å². The molecule has 2 aliphatic rings. The minimum Gasteiger partial charge on any atom is -0.347 e. The van der Waals surface area contributed by atoms with Gasteiger partial charge in [0, 0.05) is 35.5 Å². The van der Waals surface area contributed by atoms with E-state index >= 15 is 0 Å². The van der Waals surface area contributed by atoms with Crippen molar-refractivity contribution in [1.29, 1.82) is 0 Å². The van der Waals surface area contributed by atoms with E-state index in [1.807, 2.05) is 0 Å². The van der Waals surface area contributed by atoms with E-state index in [-0.39, 0.29) is 10.8 Å². The number of halogens is 2. The zero-order valence-corrected chi connectivity index (χ0v) is 22.3. The molecule has 0 N–H and O–H groups in total. The molecular formula is C25H29I2N2+. The van der Waals surface area contributed by atoms with Crippen molar-refractivity contribution in [2.75, 3.05) is 19.0 Å². The molecule has 2 aromatic carbocycles. The Kier molecular flexibility index (Phi) is 5.42. The van der Waals surface area contributed by atoms with Crippen LogP contribution in [0.1, 0.15) is 38.8 Å². The summed E-state index contributed by atoms with van der Waals surface area (Å²) in [6, 6.07) is 17.6. The first-order valence-corrected chi connectivity index (χ1v) is 12.6. The van der Waals surface area contributed by atoms with Crippen molar-refractivity contribution in [2.45, 2.75) is 46.4 Å². The van der Waals surface area contributed by atoms with Gasteiger partial charge in [0.15, 0.2) is 5.71 Å². The van der Waals surface area contributed by atoms with Crippen molar-refractivity contribution < 1.29 is 4.58 Å². The molecule has 2 aliphatic heterocycles. The lowest BCUT2D eigenvalue weighted by molar-refractivity contribution is -0.403. The van der Waals surface area contributed by atoms with Gasteiger partial charge in [-0.1, -0.05) is 95.4 Å². The first-order valence-electron chi connectivity index (χ1n) is 10.1. The molecule has 2 heterocycles. The molecule has 0 spiro atoms. The Hall–Kier alpha value is -0.890. The molecule has 0 saturated carbocycles. The summed E-state index contributed by atoms with van der Waals surface area (Å²) in [6.45, 7) is 9.44. The van der Waals surface area contributed by atoms with Crippen LogP contribution in [0.4, 0.5) is 11.4 Å². The molecule has 2 aromatic rings. The Morgan fingerprint density at radius 1 is 0.897 bits per heavy atom. The van der Waals surface area contributed by atoms with Crippen LogP contribution >= 0.6 is 45.2 Å². The van der Waals surface area contributed by atoms with Crippen LogP contribution in [0.5, 0.6) is 0 Å². The summed E-state index contributed by atoms with van der Waals surface area (Å²) in [4.78, 5) is 2.38. The summed E-state index contributed by atoms with van der Waals surface area (Å²) < 4.78 is 3.22.